The zero-order valence-electron chi connectivity index (χ0n) is 45.6. The van der Waals surface area contributed by atoms with Gasteiger partial charge in [0.05, 0.1) is 0 Å². The molecule has 0 aliphatic carbocycles. The van der Waals surface area contributed by atoms with Crippen molar-refractivity contribution in [3.63, 3.8) is 0 Å². The van der Waals surface area contributed by atoms with Crippen LogP contribution in [0.4, 0.5) is 0 Å². The van der Waals surface area contributed by atoms with Crippen LogP contribution in [0.5, 0.6) is 0 Å². The number of esters is 3. The maximum absolute atomic E-state index is 12.8. The fourth-order valence-electron chi connectivity index (χ4n) is 8.27. The molecule has 0 aliphatic heterocycles. The van der Waals surface area contributed by atoms with Gasteiger partial charge in [0.1, 0.15) is 13.2 Å². The molecule has 0 unspecified atom stereocenters. The van der Waals surface area contributed by atoms with E-state index in [1.54, 1.807) is 0 Å². The summed E-state index contributed by atoms with van der Waals surface area (Å²) < 4.78 is 16.8. The number of ether oxygens (including phenoxy) is 3. The molecule has 0 amide bonds. The van der Waals surface area contributed by atoms with Crippen molar-refractivity contribution in [3.05, 3.63) is 72.9 Å². The molecule has 6 heteroatoms. The Morgan fingerprint density at radius 2 is 0.580 bits per heavy atom. The monoisotopic (exact) mass is 963 g/mol. The minimum Gasteiger partial charge on any atom is -0.462 e. The first kappa shape index (κ1) is 65.8. The van der Waals surface area contributed by atoms with Crippen molar-refractivity contribution < 1.29 is 28.6 Å². The Morgan fingerprint density at radius 1 is 0.304 bits per heavy atom. The van der Waals surface area contributed by atoms with Crippen LogP contribution in [0.15, 0.2) is 72.9 Å². The number of carbonyl (C=O) groups excluding carboxylic acids is 3. The molecule has 0 aliphatic rings. The maximum atomic E-state index is 12.8. The van der Waals surface area contributed by atoms with E-state index in [1.165, 1.54) is 141 Å². The second-order valence-electron chi connectivity index (χ2n) is 19.5. The minimum atomic E-state index is -0.792. The van der Waals surface area contributed by atoms with Gasteiger partial charge in [-0.2, -0.15) is 0 Å². The van der Waals surface area contributed by atoms with E-state index >= 15 is 0 Å². The molecular weight excluding hydrogens is 853 g/mol. The van der Waals surface area contributed by atoms with Crippen molar-refractivity contribution in [1.82, 2.24) is 0 Å². The highest BCUT2D eigenvalue weighted by Gasteiger charge is 2.19. The van der Waals surface area contributed by atoms with Crippen LogP contribution in [0, 0.1) is 0 Å². The van der Waals surface area contributed by atoms with Crippen molar-refractivity contribution in [2.45, 2.75) is 297 Å². The van der Waals surface area contributed by atoms with Gasteiger partial charge in [-0.05, 0) is 83.5 Å². The van der Waals surface area contributed by atoms with E-state index in [0.717, 1.165) is 109 Å². The first-order valence-corrected chi connectivity index (χ1v) is 29.4. The molecular formula is C63H110O6. The number of carbonyl (C=O) groups is 3. The first-order valence-electron chi connectivity index (χ1n) is 29.4. The Morgan fingerprint density at radius 3 is 0.957 bits per heavy atom. The predicted octanol–water partition coefficient (Wildman–Crippen LogP) is 19.8. The summed E-state index contributed by atoms with van der Waals surface area (Å²) in [5.41, 5.74) is 0. The van der Waals surface area contributed by atoms with Crippen LogP contribution < -0.4 is 0 Å². The Labute approximate surface area is 427 Å². The van der Waals surface area contributed by atoms with Crippen LogP contribution in [-0.4, -0.2) is 37.2 Å². The number of allylic oxidation sites excluding steroid dienone is 12. The summed E-state index contributed by atoms with van der Waals surface area (Å²) in [6.45, 7) is 6.48. The molecule has 0 saturated carbocycles. The number of hydrogen-bond donors (Lipinski definition) is 0. The molecule has 0 aromatic heterocycles. The van der Waals surface area contributed by atoms with Crippen LogP contribution in [0.2, 0.25) is 0 Å². The lowest BCUT2D eigenvalue weighted by molar-refractivity contribution is -0.167. The molecule has 0 saturated heterocycles. The van der Waals surface area contributed by atoms with Crippen LogP contribution >= 0.6 is 0 Å². The van der Waals surface area contributed by atoms with E-state index in [0.29, 0.717) is 19.3 Å². The fourth-order valence-corrected chi connectivity index (χ4v) is 8.27. The van der Waals surface area contributed by atoms with Gasteiger partial charge in [-0.3, -0.25) is 14.4 Å². The molecule has 0 rings (SSSR count). The molecule has 6 nitrogen and oxygen atoms in total. The summed E-state index contributed by atoms with van der Waals surface area (Å²) in [5.74, 6) is -0.921. The molecule has 0 N–H and O–H groups in total. The molecule has 69 heavy (non-hydrogen) atoms. The average molecular weight is 964 g/mol. The van der Waals surface area contributed by atoms with Crippen molar-refractivity contribution in [2.24, 2.45) is 0 Å². The summed E-state index contributed by atoms with van der Waals surface area (Å²) in [5, 5.41) is 0. The molecule has 0 fully saturated rings. The molecule has 1 atom stereocenters. The summed E-state index contributed by atoms with van der Waals surface area (Å²) >= 11 is 0. The molecule has 0 heterocycles. The summed E-state index contributed by atoms with van der Waals surface area (Å²) in [7, 11) is 0. The summed E-state index contributed by atoms with van der Waals surface area (Å²) in [4.78, 5) is 38.1. The SMILES string of the molecule is CC/C=C\C/C=C\C/C=C\C/C=C\C/C=C\CCCCCC(=O)OC[C@H](COC(=O)CCCCCCCCCCCCCCCCCCCCCCC)OC(=O)CCCCCCC/C=C\CCCC. The second-order valence-corrected chi connectivity index (χ2v) is 19.5. The first-order chi connectivity index (χ1) is 34.0. The number of rotatable bonds is 53. The number of unbranched alkanes of at least 4 members (excludes halogenated alkanes) is 30. The normalized spacial score (nSPS) is 12.6. The van der Waals surface area contributed by atoms with Gasteiger partial charge in [0.2, 0.25) is 0 Å². The van der Waals surface area contributed by atoms with E-state index in [1.807, 2.05) is 0 Å². The molecule has 0 aromatic rings. The average Bonchev–Trinajstić information content (AvgIpc) is 3.35. The molecule has 398 valence electrons. The predicted molar refractivity (Wildman–Crippen MR) is 298 cm³/mol. The number of hydrogen-bond acceptors (Lipinski definition) is 6. The van der Waals surface area contributed by atoms with Gasteiger partial charge in [0.25, 0.3) is 0 Å². The second kappa shape index (κ2) is 57.4. The van der Waals surface area contributed by atoms with Crippen molar-refractivity contribution in [3.8, 4) is 0 Å². The van der Waals surface area contributed by atoms with E-state index in [-0.39, 0.29) is 31.1 Å². The Balaban J connectivity index is 4.32. The van der Waals surface area contributed by atoms with Crippen LogP contribution in [0.25, 0.3) is 0 Å². The molecule has 0 bridgehead atoms. The van der Waals surface area contributed by atoms with Crippen LogP contribution in [-0.2, 0) is 28.6 Å². The fraction of sp³-hybridized carbons (Fsp3) is 0.762. The Bertz CT molecular complexity index is 1290. The lowest BCUT2D eigenvalue weighted by Gasteiger charge is -2.18. The van der Waals surface area contributed by atoms with Gasteiger partial charge in [-0.15, -0.1) is 0 Å². The third kappa shape index (κ3) is 55.6. The van der Waals surface area contributed by atoms with E-state index < -0.39 is 6.10 Å². The zero-order valence-corrected chi connectivity index (χ0v) is 45.6. The summed E-state index contributed by atoms with van der Waals surface area (Å²) in [6.07, 6.45) is 73.3. The molecule has 0 spiro atoms. The highest BCUT2D eigenvalue weighted by molar-refractivity contribution is 5.71. The van der Waals surface area contributed by atoms with Gasteiger partial charge in [0.15, 0.2) is 6.10 Å². The van der Waals surface area contributed by atoms with E-state index in [2.05, 4.69) is 93.7 Å². The van der Waals surface area contributed by atoms with Crippen molar-refractivity contribution in [1.29, 1.82) is 0 Å². The quantitative estimate of drug-likeness (QED) is 0.0262. The third-order valence-corrected chi connectivity index (χ3v) is 12.7. The maximum Gasteiger partial charge on any atom is 0.306 e. The lowest BCUT2D eigenvalue weighted by atomic mass is 10.0. The molecule has 0 radical (unpaired) electrons. The Hall–Kier alpha value is -3.15. The Kier molecular flexibility index (Phi) is 54.8. The van der Waals surface area contributed by atoms with E-state index in [4.69, 9.17) is 14.2 Å². The highest BCUT2D eigenvalue weighted by atomic mass is 16.6. The molecule has 0 aromatic carbocycles. The smallest absolute Gasteiger partial charge is 0.306 e. The van der Waals surface area contributed by atoms with Crippen LogP contribution in [0.3, 0.4) is 0 Å². The highest BCUT2D eigenvalue weighted by Crippen LogP contribution is 2.16. The van der Waals surface area contributed by atoms with Crippen LogP contribution in [0.1, 0.15) is 290 Å². The third-order valence-electron chi connectivity index (χ3n) is 12.7. The largest absolute Gasteiger partial charge is 0.462 e. The van der Waals surface area contributed by atoms with Gasteiger partial charge < -0.3 is 14.2 Å². The lowest BCUT2D eigenvalue weighted by Crippen LogP contribution is -2.30. The van der Waals surface area contributed by atoms with E-state index in [9.17, 15) is 14.4 Å². The van der Waals surface area contributed by atoms with Crippen molar-refractivity contribution in [2.75, 3.05) is 13.2 Å². The van der Waals surface area contributed by atoms with Crippen molar-refractivity contribution >= 4 is 17.9 Å². The zero-order chi connectivity index (χ0) is 50.0. The van der Waals surface area contributed by atoms with Gasteiger partial charge in [-0.1, -0.05) is 261 Å². The standard InChI is InChI=1S/C63H110O6/c1-4-7-10-13-16-19-22-24-26-28-30-31-33-35-37-39-42-44-47-50-53-56-62(65)68-59-60(69-63(66)57-54-51-48-45-40-21-18-15-12-9-6-3)58-67-61(64)55-52-49-46-43-41-38-36-34-32-29-27-25-23-20-17-14-11-8-5-2/h8,11,15,17-18,20,25,27,32,34,38,41,60H,4-7,9-10,12-14,16,19,21-24,26,28-31,33,35-37,39-40,42-59H2,1-3H3/b11-8-,18-15-,20-17-,27-25-,34-32-,41-38-/t60-/m1/s1. The minimum absolute atomic E-state index is 0.0872. The summed E-state index contributed by atoms with van der Waals surface area (Å²) in [6, 6.07) is 0. The van der Waals surface area contributed by atoms with Gasteiger partial charge in [0, 0.05) is 19.3 Å². The van der Waals surface area contributed by atoms with Gasteiger partial charge >= 0.3 is 17.9 Å². The topological polar surface area (TPSA) is 78.9 Å². The van der Waals surface area contributed by atoms with Gasteiger partial charge in [-0.25, -0.2) is 0 Å².